The molecule has 10 heteroatoms. The van der Waals surface area contributed by atoms with E-state index in [0.29, 0.717) is 11.4 Å². The number of hydrogen-bond donors (Lipinski definition) is 4. The molecule has 0 aliphatic carbocycles. The van der Waals surface area contributed by atoms with Crippen LogP contribution in [-0.4, -0.2) is 36.6 Å². The number of benzene rings is 2. The van der Waals surface area contributed by atoms with Crippen LogP contribution in [0.3, 0.4) is 0 Å². The molecule has 0 aliphatic rings. The summed E-state index contributed by atoms with van der Waals surface area (Å²) in [4.78, 5) is 35.9. The molecule has 0 unspecified atom stereocenters. The van der Waals surface area contributed by atoms with Crippen LogP contribution >= 0.6 is 0 Å². The van der Waals surface area contributed by atoms with E-state index in [0.717, 1.165) is 0 Å². The first-order valence-corrected chi connectivity index (χ1v) is 8.97. The topological polar surface area (TPSA) is 99.3 Å². The lowest BCUT2D eigenvalue weighted by Crippen LogP contribution is -2.34. The van der Waals surface area contributed by atoms with Gasteiger partial charge in [0.1, 0.15) is 6.54 Å². The average Bonchev–Trinajstić information content (AvgIpc) is 2.65. The highest BCUT2D eigenvalue weighted by Crippen LogP contribution is 2.16. The van der Waals surface area contributed by atoms with Crippen molar-refractivity contribution in [1.82, 2.24) is 10.6 Å². The van der Waals surface area contributed by atoms with Gasteiger partial charge in [0, 0.05) is 28.5 Å². The van der Waals surface area contributed by atoms with Gasteiger partial charge in [-0.25, -0.2) is 4.79 Å². The van der Waals surface area contributed by atoms with E-state index >= 15 is 0 Å². The van der Waals surface area contributed by atoms with Crippen LogP contribution in [0, 0.1) is 0 Å². The fourth-order valence-electron chi connectivity index (χ4n) is 2.36. The van der Waals surface area contributed by atoms with Gasteiger partial charge < -0.3 is 21.3 Å². The number of rotatable bonds is 6. The maximum absolute atomic E-state index is 12.4. The normalized spacial score (nSPS) is 11.0. The smallest absolute Gasteiger partial charge is 0.343 e. The Balaban J connectivity index is 1.98. The Labute approximate surface area is 171 Å². The molecule has 0 atom stereocenters. The number of halogens is 3. The van der Waals surface area contributed by atoms with E-state index in [9.17, 15) is 27.6 Å². The van der Waals surface area contributed by atoms with Crippen LogP contribution in [0.1, 0.15) is 34.6 Å². The van der Waals surface area contributed by atoms with Crippen LogP contribution in [0.25, 0.3) is 0 Å². The van der Waals surface area contributed by atoms with Crippen LogP contribution in [0.2, 0.25) is 0 Å². The largest absolute Gasteiger partial charge is 0.405 e. The Bertz CT molecular complexity index is 912. The summed E-state index contributed by atoms with van der Waals surface area (Å²) in [6.45, 7) is 2.20. The Morgan fingerprint density at radius 3 is 2.13 bits per heavy atom. The van der Waals surface area contributed by atoms with Gasteiger partial charge in [0.05, 0.1) is 0 Å². The fraction of sp³-hybridized carbons (Fsp3) is 0.250. The fourth-order valence-corrected chi connectivity index (χ4v) is 2.36. The maximum atomic E-state index is 12.4. The molecule has 4 amide bonds. The predicted octanol–water partition coefficient (Wildman–Crippen LogP) is 3.76. The van der Waals surface area contributed by atoms with Gasteiger partial charge in [0.25, 0.3) is 11.8 Å². The molecular formula is C20H21F3N4O3. The number of urea groups is 1. The molecule has 0 saturated heterocycles. The highest BCUT2D eigenvalue weighted by atomic mass is 19.4. The molecule has 0 bridgehead atoms. The lowest BCUT2D eigenvalue weighted by atomic mass is 10.1. The van der Waals surface area contributed by atoms with Crippen molar-refractivity contribution >= 4 is 29.2 Å². The molecule has 4 N–H and O–H groups in total. The lowest BCUT2D eigenvalue weighted by Gasteiger charge is -2.11. The van der Waals surface area contributed by atoms with Crippen LogP contribution in [0.4, 0.5) is 29.3 Å². The molecule has 0 fully saturated rings. The Hall–Kier alpha value is -3.56. The average molecular weight is 422 g/mol. The standard InChI is InChI=1S/C20H21F3N4O3/c1-12(2)25-19(30)27-16-5-3-4-14(10-16)18(29)26-15-8-6-13(7-9-15)17(28)24-11-20(21,22)23/h3-10,12H,11H2,1-2H3,(H,24,28)(H,26,29)(H2,25,27,30). The van der Waals surface area contributed by atoms with Crippen molar-refractivity contribution in [2.45, 2.75) is 26.1 Å². The van der Waals surface area contributed by atoms with E-state index in [1.807, 2.05) is 13.8 Å². The van der Waals surface area contributed by atoms with Crippen LogP contribution in [-0.2, 0) is 0 Å². The second kappa shape index (κ2) is 9.77. The molecule has 0 heterocycles. The first-order chi connectivity index (χ1) is 14.0. The summed E-state index contributed by atoms with van der Waals surface area (Å²) >= 11 is 0. The summed E-state index contributed by atoms with van der Waals surface area (Å²) in [6.07, 6.45) is -4.50. The van der Waals surface area contributed by atoms with Crippen molar-refractivity contribution in [2.24, 2.45) is 0 Å². The van der Waals surface area contributed by atoms with Gasteiger partial charge in [-0.1, -0.05) is 6.07 Å². The minimum absolute atomic E-state index is 0.0274. The molecule has 0 saturated carbocycles. The molecule has 7 nitrogen and oxygen atoms in total. The number of alkyl halides is 3. The SMILES string of the molecule is CC(C)NC(=O)Nc1cccc(C(=O)Nc2ccc(C(=O)NCC(F)(F)F)cc2)c1. The van der Waals surface area contributed by atoms with E-state index in [2.05, 4.69) is 16.0 Å². The van der Waals surface area contributed by atoms with Crippen LogP contribution in [0.5, 0.6) is 0 Å². The number of amides is 4. The molecule has 2 aromatic rings. The van der Waals surface area contributed by atoms with E-state index in [4.69, 9.17) is 0 Å². The van der Waals surface area contributed by atoms with E-state index in [1.165, 1.54) is 30.3 Å². The van der Waals surface area contributed by atoms with Gasteiger partial charge in [-0.3, -0.25) is 9.59 Å². The van der Waals surface area contributed by atoms with Gasteiger partial charge in [-0.15, -0.1) is 0 Å². The molecule has 160 valence electrons. The Kier molecular flexibility index (Phi) is 7.40. The Morgan fingerprint density at radius 2 is 1.53 bits per heavy atom. The van der Waals surface area contributed by atoms with Crippen molar-refractivity contribution in [3.8, 4) is 0 Å². The third-order valence-corrected chi connectivity index (χ3v) is 3.66. The summed E-state index contributed by atoms with van der Waals surface area (Å²) < 4.78 is 36.5. The number of nitrogens with one attached hydrogen (secondary N) is 4. The van der Waals surface area contributed by atoms with E-state index < -0.39 is 30.6 Å². The first-order valence-electron chi connectivity index (χ1n) is 8.97. The molecule has 2 rings (SSSR count). The zero-order valence-electron chi connectivity index (χ0n) is 16.3. The highest BCUT2D eigenvalue weighted by Gasteiger charge is 2.27. The molecule has 0 aliphatic heterocycles. The second-order valence-electron chi connectivity index (χ2n) is 6.66. The van der Waals surface area contributed by atoms with Crippen molar-refractivity contribution in [2.75, 3.05) is 17.2 Å². The molecule has 0 radical (unpaired) electrons. The summed E-state index contributed by atoms with van der Waals surface area (Å²) in [5.41, 5.74) is 1.09. The number of hydrogen-bond acceptors (Lipinski definition) is 3. The third-order valence-electron chi connectivity index (χ3n) is 3.66. The van der Waals surface area contributed by atoms with Gasteiger partial charge in [0.2, 0.25) is 0 Å². The number of anilines is 2. The monoisotopic (exact) mass is 422 g/mol. The van der Waals surface area contributed by atoms with Crippen molar-refractivity contribution in [1.29, 1.82) is 0 Å². The second-order valence-corrected chi connectivity index (χ2v) is 6.66. The summed E-state index contributed by atoms with van der Waals surface area (Å²) in [7, 11) is 0. The maximum Gasteiger partial charge on any atom is 0.405 e. The minimum Gasteiger partial charge on any atom is -0.343 e. The number of carbonyl (C=O) groups excluding carboxylic acids is 3. The van der Waals surface area contributed by atoms with Gasteiger partial charge in [-0.05, 0) is 56.3 Å². The van der Waals surface area contributed by atoms with Crippen LogP contribution < -0.4 is 21.3 Å². The number of carbonyl (C=O) groups is 3. The molecular weight excluding hydrogens is 401 g/mol. The highest BCUT2D eigenvalue weighted by molar-refractivity contribution is 6.05. The molecule has 0 spiro atoms. The zero-order chi connectivity index (χ0) is 22.3. The third kappa shape index (κ3) is 7.46. The summed E-state index contributed by atoms with van der Waals surface area (Å²) in [6, 6.07) is 11.2. The Morgan fingerprint density at radius 1 is 0.867 bits per heavy atom. The van der Waals surface area contributed by atoms with Gasteiger partial charge in [-0.2, -0.15) is 13.2 Å². The summed E-state index contributed by atoms with van der Waals surface area (Å²) in [5.74, 6) is -1.33. The summed E-state index contributed by atoms with van der Waals surface area (Å²) in [5, 5.41) is 9.67. The lowest BCUT2D eigenvalue weighted by molar-refractivity contribution is -0.123. The quantitative estimate of drug-likeness (QED) is 0.570. The predicted molar refractivity (Wildman–Crippen MR) is 107 cm³/mol. The van der Waals surface area contributed by atoms with Crippen LogP contribution in [0.15, 0.2) is 48.5 Å². The van der Waals surface area contributed by atoms with Crippen molar-refractivity contribution in [3.05, 3.63) is 59.7 Å². The minimum atomic E-state index is -4.50. The van der Waals surface area contributed by atoms with Gasteiger partial charge in [0.15, 0.2) is 0 Å². The molecule has 30 heavy (non-hydrogen) atoms. The molecule has 2 aromatic carbocycles. The first kappa shape index (κ1) is 22.7. The van der Waals surface area contributed by atoms with Crippen molar-refractivity contribution in [3.63, 3.8) is 0 Å². The van der Waals surface area contributed by atoms with E-state index in [1.54, 1.807) is 23.5 Å². The van der Waals surface area contributed by atoms with E-state index in [-0.39, 0.29) is 17.2 Å². The van der Waals surface area contributed by atoms with Crippen molar-refractivity contribution < 1.29 is 27.6 Å². The molecule has 0 aromatic heterocycles. The zero-order valence-corrected chi connectivity index (χ0v) is 16.3. The van der Waals surface area contributed by atoms with Gasteiger partial charge >= 0.3 is 12.2 Å².